The van der Waals surface area contributed by atoms with Crippen LogP contribution in [0.15, 0.2) is 22.7 Å². The first-order chi connectivity index (χ1) is 6.59. The molecule has 0 heterocycles. The maximum Gasteiger partial charge on any atom is 0.133 e. The van der Waals surface area contributed by atoms with Crippen LogP contribution >= 0.6 is 27.5 Å². The van der Waals surface area contributed by atoms with E-state index >= 15 is 0 Å². The number of ether oxygens (including phenoxy) is 1. The van der Waals surface area contributed by atoms with Crippen LogP contribution in [0.3, 0.4) is 0 Å². The van der Waals surface area contributed by atoms with E-state index in [1.54, 1.807) is 18.2 Å². The third-order valence-electron chi connectivity index (χ3n) is 1.52. The second kappa shape index (κ2) is 5.22. The minimum absolute atomic E-state index is 0.120. The minimum Gasteiger partial charge on any atom is -0.492 e. The molecule has 0 saturated carbocycles. The van der Waals surface area contributed by atoms with Gasteiger partial charge in [0.2, 0.25) is 0 Å². The molecule has 0 spiro atoms. The zero-order valence-electron chi connectivity index (χ0n) is 7.39. The van der Waals surface area contributed by atoms with Gasteiger partial charge in [0, 0.05) is 11.4 Å². The maximum atomic E-state index is 7.01. The lowest BCUT2D eigenvalue weighted by atomic mass is 10.3. The first-order valence-electron chi connectivity index (χ1n) is 4.00. The largest absolute Gasteiger partial charge is 0.492 e. The third-order valence-corrected chi connectivity index (χ3v) is 2.38. The molecule has 1 aromatic rings. The lowest BCUT2D eigenvalue weighted by Crippen LogP contribution is -2.13. The lowest BCUT2D eigenvalue weighted by Gasteiger charge is -2.07. The number of benzene rings is 1. The number of hydrogen-bond acceptors (Lipinski definition) is 2. The van der Waals surface area contributed by atoms with Crippen molar-refractivity contribution in [3.05, 3.63) is 27.7 Å². The summed E-state index contributed by atoms with van der Waals surface area (Å²) < 4.78 is 6.18. The zero-order valence-corrected chi connectivity index (χ0v) is 9.73. The van der Waals surface area contributed by atoms with Gasteiger partial charge in [0.1, 0.15) is 5.75 Å². The highest BCUT2D eigenvalue weighted by Gasteiger charge is 2.01. The molecule has 5 heteroatoms. The molecule has 76 valence electrons. The number of nitrogens with one attached hydrogen (secondary N) is 1. The van der Waals surface area contributed by atoms with E-state index in [0.29, 0.717) is 23.8 Å². The van der Waals surface area contributed by atoms with E-state index in [9.17, 15) is 0 Å². The van der Waals surface area contributed by atoms with Gasteiger partial charge < -0.3 is 10.5 Å². The van der Waals surface area contributed by atoms with Gasteiger partial charge in [-0.1, -0.05) is 11.6 Å². The summed E-state index contributed by atoms with van der Waals surface area (Å²) in [4.78, 5) is 0. The van der Waals surface area contributed by atoms with Crippen molar-refractivity contribution in [2.24, 2.45) is 5.73 Å². The molecule has 1 aromatic carbocycles. The van der Waals surface area contributed by atoms with E-state index in [0.717, 1.165) is 4.47 Å². The van der Waals surface area contributed by atoms with Crippen LogP contribution in [0.2, 0.25) is 5.02 Å². The predicted octanol–water partition coefficient (Wildman–Crippen LogP) is 2.81. The van der Waals surface area contributed by atoms with Gasteiger partial charge in [0.25, 0.3) is 0 Å². The minimum atomic E-state index is 0.120. The van der Waals surface area contributed by atoms with Crippen LogP contribution < -0.4 is 10.5 Å². The topological polar surface area (TPSA) is 59.1 Å². The molecule has 0 fully saturated rings. The average Bonchev–Trinajstić information content (AvgIpc) is 2.08. The summed E-state index contributed by atoms with van der Waals surface area (Å²) in [7, 11) is 0. The summed E-state index contributed by atoms with van der Waals surface area (Å²) >= 11 is 9.08. The molecule has 0 unspecified atom stereocenters. The molecule has 0 saturated heterocycles. The Balaban J connectivity index is 2.55. The quantitative estimate of drug-likeness (QED) is 0.657. The number of nitrogens with two attached hydrogens (primary N) is 1. The van der Waals surface area contributed by atoms with E-state index in [1.807, 2.05) is 0 Å². The number of halogens is 2. The standard InChI is InChI=1S/C9H10BrClN2O/c10-7-5-6(11)1-2-8(7)14-4-3-9(12)13/h1-2,5H,3-4H2,(H3,12,13). The van der Waals surface area contributed by atoms with Crippen molar-refractivity contribution in [2.45, 2.75) is 6.42 Å². The molecule has 0 atom stereocenters. The molecule has 3 N–H and O–H groups in total. The van der Waals surface area contributed by atoms with Gasteiger partial charge in [0.05, 0.1) is 16.9 Å². The normalized spacial score (nSPS) is 9.86. The maximum absolute atomic E-state index is 7.01. The molecule has 0 aliphatic heterocycles. The van der Waals surface area contributed by atoms with Crippen molar-refractivity contribution in [2.75, 3.05) is 6.61 Å². The highest BCUT2D eigenvalue weighted by molar-refractivity contribution is 9.10. The van der Waals surface area contributed by atoms with Crippen LogP contribution in [0.25, 0.3) is 0 Å². The number of rotatable bonds is 4. The van der Waals surface area contributed by atoms with Gasteiger partial charge in [-0.25, -0.2) is 0 Å². The summed E-state index contributed by atoms with van der Waals surface area (Å²) in [5.74, 6) is 0.825. The van der Waals surface area contributed by atoms with Crippen LogP contribution in [-0.2, 0) is 0 Å². The summed E-state index contributed by atoms with van der Waals surface area (Å²) in [5, 5.41) is 7.66. The third kappa shape index (κ3) is 3.55. The summed E-state index contributed by atoms with van der Waals surface area (Å²) in [5.41, 5.74) is 5.19. The van der Waals surface area contributed by atoms with E-state index in [1.165, 1.54) is 0 Å². The molecule has 0 radical (unpaired) electrons. The molecule has 3 nitrogen and oxygen atoms in total. The second-order valence-corrected chi connectivity index (χ2v) is 3.99. The zero-order chi connectivity index (χ0) is 10.6. The van der Waals surface area contributed by atoms with Crippen molar-refractivity contribution in [3.8, 4) is 5.75 Å². The van der Waals surface area contributed by atoms with Crippen LogP contribution in [0.1, 0.15) is 6.42 Å². The summed E-state index contributed by atoms with van der Waals surface area (Å²) in [6, 6.07) is 5.27. The summed E-state index contributed by atoms with van der Waals surface area (Å²) in [6.45, 7) is 0.398. The van der Waals surface area contributed by atoms with Crippen LogP contribution in [-0.4, -0.2) is 12.4 Å². The Morgan fingerprint density at radius 1 is 1.57 bits per heavy atom. The molecule has 1 rings (SSSR count). The number of hydrogen-bond donors (Lipinski definition) is 2. The average molecular weight is 278 g/mol. The van der Waals surface area contributed by atoms with E-state index in [-0.39, 0.29) is 5.84 Å². The van der Waals surface area contributed by atoms with Gasteiger partial charge in [-0.15, -0.1) is 0 Å². The summed E-state index contributed by atoms with van der Waals surface area (Å²) in [6.07, 6.45) is 0.426. The van der Waals surface area contributed by atoms with Gasteiger partial charge in [-0.3, -0.25) is 5.41 Å². The lowest BCUT2D eigenvalue weighted by molar-refractivity contribution is 0.326. The molecule has 0 aromatic heterocycles. The highest BCUT2D eigenvalue weighted by Crippen LogP contribution is 2.27. The van der Waals surface area contributed by atoms with E-state index in [4.69, 9.17) is 27.5 Å². The van der Waals surface area contributed by atoms with Gasteiger partial charge in [0.15, 0.2) is 0 Å². The molecule has 0 aliphatic carbocycles. The smallest absolute Gasteiger partial charge is 0.133 e. The Hall–Kier alpha value is -0.740. The van der Waals surface area contributed by atoms with E-state index < -0.39 is 0 Å². The van der Waals surface area contributed by atoms with Crippen molar-refractivity contribution >= 4 is 33.4 Å². The fraction of sp³-hybridized carbons (Fsp3) is 0.222. The van der Waals surface area contributed by atoms with Gasteiger partial charge >= 0.3 is 0 Å². The fourth-order valence-corrected chi connectivity index (χ4v) is 1.66. The van der Waals surface area contributed by atoms with Crippen molar-refractivity contribution in [1.82, 2.24) is 0 Å². The highest BCUT2D eigenvalue weighted by atomic mass is 79.9. The number of amidine groups is 1. The molecular formula is C9H10BrClN2O. The first kappa shape index (κ1) is 11.3. The Morgan fingerprint density at radius 2 is 2.29 bits per heavy atom. The molecule has 0 bridgehead atoms. The molecule has 0 amide bonds. The second-order valence-electron chi connectivity index (χ2n) is 2.70. The van der Waals surface area contributed by atoms with Crippen molar-refractivity contribution < 1.29 is 4.74 Å². The first-order valence-corrected chi connectivity index (χ1v) is 5.17. The van der Waals surface area contributed by atoms with E-state index in [2.05, 4.69) is 15.9 Å². The van der Waals surface area contributed by atoms with Crippen molar-refractivity contribution in [3.63, 3.8) is 0 Å². The SMILES string of the molecule is N=C(N)CCOc1ccc(Cl)cc1Br. The molecule has 0 aliphatic rings. The Morgan fingerprint density at radius 3 is 2.86 bits per heavy atom. The van der Waals surface area contributed by atoms with Crippen LogP contribution in [0.5, 0.6) is 5.75 Å². The Kier molecular flexibility index (Phi) is 4.22. The molecular weight excluding hydrogens is 267 g/mol. The van der Waals surface area contributed by atoms with Gasteiger partial charge in [-0.2, -0.15) is 0 Å². The molecule has 14 heavy (non-hydrogen) atoms. The Labute approximate surface area is 95.8 Å². The monoisotopic (exact) mass is 276 g/mol. The Bertz CT molecular complexity index is 344. The predicted molar refractivity (Wildman–Crippen MR) is 61.2 cm³/mol. The fourth-order valence-electron chi connectivity index (χ4n) is 0.863. The van der Waals surface area contributed by atoms with Crippen LogP contribution in [0.4, 0.5) is 0 Å². The van der Waals surface area contributed by atoms with Crippen molar-refractivity contribution in [1.29, 1.82) is 5.41 Å². The van der Waals surface area contributed by atoms with Crippen LogP contribution in [0, 0.1) is 5.41 Å². The van der Waals surface area contributed by atoms with Gasteiger partial charge in [-0.05, 0) is 34.1 Å².